The van der Waals surface area contributed by atoms with Crippen LogP contribution < -0.4 is 5.32 Å². The fraction of sp³-hybridized carbons (Fsp3) is 0.417. The van der Waals surface area contributed by atoms with Crippen molar-refractivity contribution >= 4 is 39.3 Å². The van der Waals surface area contributed by atoms with E-state index in [2.05, 4.69) is 21.2 Å². The summed E-state index contributed by atoms with van der Waals surface area (Å²) >= 11 is 9.52. The van der Waals surface area contributed by atoms with Crippen LogP contribution in [0.1, 0.15) is 50.2 Å². The summed E-state index contributed by atoms with van der Waals surface area (Å²) in [6.07, 6.45) is 5.77. The Morgan fingerprint density at radius 3 is 2.47 bits per heavy atom. The zero-order valence-corrected chi connectivity index (χ0v) is 19.6. The molecule has 2 aromatic carbocycles. The maximum absolute atomic E-state index is 13.2. The zero-order valence-electron chi connectivity index (χ0n) is 17.2. The van der Waals surface area contributed by atoms with E-state index in [1.54, 1.807) is 17.0 Å². The molecule has 0 radical (unpaired) electrons. The van der Waals surface area contributed by atoms with Crippen molar-refractivity contribution in [3.8, 4) is 0 Å². The Bertz CT molecular complexity index is 866. The Morgan fingerprint density at radius 1 is 1.10 bits per heavy atom. The van der Waals surface area contributed by atoms with Gasteiger partial charge in [0.15, 0.2) is 0 Å². The molecule has 1 aliphatic carbocycles. The summed E-state index contributed by atoms with van der Waals surface area (Å²) in [4.78, 5) is 27.9. The number of carbonyl (C=O) groups excluding carboxylic acids is 2. The third-order valence-electron chi connectivity index (χ3n) is 5.63. The smallest absolute Gasteiger partial charge is 0.242 e. The molecule has 2 amide bonds. The van der Waals surface area contributed by atoms with Crippen LogP contribution in [0, 0.1) is 0 Å². The first-order valence-electron chi connectivity index (χ1n) is 10.5. The van der Waals surface area contributed by atoms with Crippen LogP contribution in [0.15, 0.2) is 53.0 Å². The lowest BCUT2D eigenvalue weighted by molar-refractivity contribution is -0.140. The second kappa shape index (κ2) is 11.0. The molecule has 1 aliphatic rings. The quantitative estimate of drug-likeness (QED) is 0.555. The van der Waals surface area contributed by atoms with Crippen molar-refractivity contribution < 1.29 is 9.59 Å². The zero-order chi connectivity index (χ0) is 21.5. The monoisotopic (exact) mass is 490 g/mol. The van der Waals surface area contributed by atoms with Crippen molar-refractivity contribution in [3.63, 3.8) is 0 Å². The fourth-order valence-corrected chi connectivity index (χ4v) is 4.34. The van der Waals surface area contributed by atoms with Gasteiger partial charge in [0.05, 0.1) is 6.42 Å². The molecule has 1 saturated carbocycles. The Labute approximate surface area is 192 Å². The summed E-state index contributed by atoms with van der Waals surface area (Å²) in [6, 6.07) is 14.8. The van der Waals surface area contributed by atoms with E-state index in [1.807, 2.05) is 43.3 Å². The van der Waals surface area contributed by atoms with Gasteiger partial charge >= 0.3 is 0 Å². The van der Waals surface area contributed by atoms with Gasteiger partial charge < -0.3 is 10.2 Å². The van der Waals surface area contributed by atoms with Gasteiger partial charge in [-0.15, -0.1) is 0 Å². The number of carbonyl (C=O) groups is 2. The standard InChI is InChI=1S/C24H28BrClN2O2/c1-17(24(30)27-22-8-3-2-4-9-22)28(16-18-10-12-20(25)13-11-18)23(29)15-19-6-5-7-21(26)14-19/h5-7,10-14,17,22H,2-4,8-9,15-16H2,1H3,(H,27,30)/t17-/m0/s1. The van der Waals surface area contributed by atoms with Gasteiger partial charge in [-0.3, -0.25) is 9.59 Å². The van der Waals surface area contributed by atoms with E-state index in [9.17, 15) is 9.59 Å². The molecular weight excluding hydrogens is 464 g/mol. The molecule has 0 unspecified atom stereocenters. The van der Waals surface area contributed by atoms with Crippen LogP contribution in [-0.2, 0) is 22.6 Å². The summed E-state index contributed by atoms with van der Waals surface area (Å²) in [7, 11) is 0. The fourth-order valence-electron chi connectivity index (χ4n) is 3.86. The topological polar surface area (TPSA) is 49.4 Å². The average Bonchev–Trinajstić information content (AvgIpc) is 2.73. The van der Waals surface area contributed by atoms with Gasteiger partial charge in [0.2, 0.25) is 11.8 Å². The Kier molecular flexibility index (Phi) is 8.34. The molecule has 30 heavy (non-hydrogen) atoms. The molecule has 0 heterocycles. The number of nitrogens with one attached hydrogen (secondary N) is 1. The van der Waals surface area contributed by atoms with Gasteiger partial charge in [-0.2, -0.15) is 0 Å². The van der Waals surface area contributed by atoms with E-state index >= 15 is 0 Å². The van der Waals surface area contributed by atoms with Crippen LogP contribution in [0.2, 0.25) is 5.02 Å². The lowest BCUT2D eigenvalue weighted by atomic mass is 9.95. The highest BCUT2D eigenvalue weighted by atomic mass is 79.9. The van der Waals surface area contributed by atoms with Crippen LogP contribution >= 0.6 is 27.5 Å². The summed E-state index contributed by atoms with van der Waals surface area (Å²) in [5.41, 5.74) is 1.82. The Balaban J connectivity index is 1.75. The van der Waals surface area contributed by atoms with E-state index in [0.29, 0.717) is 11.6 Å². The summed E-state index contributed by atoms with van der Waals surface area (Å²) in [6.45, 7) is 2.19. The summed E-state index contributed by atoms with van der Waals surface area (Å²) < 4.78 is 0.978. The lowest BCUT2D eigenvalue weighted by Gasteiger charge is -2.31. The van der Waals surface area contributed by atoms with E-state index in [-0.39, 0.29) is 24.3 Å². The largest absolute Gasteiger partial charge is 0.352 e. The van der Waals surface area contributed by atoms with Gasteiger partial charge in [-0.25, -0.2) is 0 Å². The third kappa shape index (κ3) is 6.58. The minimum absolute atomic E-state index is 0.0848. The molecule has 1 fully saturated rings. The van der Waals surface area contributed by atoms with Crippen molar-refractivity contribution in [2.45, 2.75) is 64.1 Å². The summed E-state index contributed by atoms with van der Waals surface area (Å²) in [5, 5.41) is 3.76. The maximum Gasteiger partial charge on any atom is 0.242 e. The number of hydrogen-bond donors (Lipinski definition) is 1. The molecule has 0 spiro atoms. The van der Waals surface area contributed by atoms with Crippen molar-refractivity contribution in [2.24, 2.45) is 0 Å². The molecule has 160 valence electrons. The highest BCUT2D eigenvalue weighted by molar-refractivity contribution is 9.10. The minimum Gasteiger partial charge on any atom is -0.352 e. The molecule has 0 aromatic heterocycles. The molecular formula is C24H28BrClN2O2. The molecule has 4 nitrogen and oxygen atoms in total. The lowest BCUT2D eigenvalue weighted by Crippen LogP contribution is -2.50. The van der Waals surface area contributed by atoms with E-state index in [0.717, 1.165) is 41.3 Å². The maximum atomic E-state index is 13.2. The van der Waals surface area contributed by atoms with Crippen LogP contribution in [-0.4, -0.2) is 28.8 Å². The number of amides is 2. The third-order valence-corrected chi connectivity index (χ3v) is 6.39. The van der Waals surface area contributed by atoms with Gasteiger partial charge in [0, 0.05) is 22.1 Å². The summed E-state index contributed by atoms with van der Waals surface area (Å²) in [5.74, 6) is -0.176. The molecule has 2 aromatic rings. The van der Waals surface area contributed by atoms with Gasteiger partial charge in [0.25, 0.3) is 0 Å². The Morgan fingerprint density at radius 2 is 1.80 bits per heavy atom. The van der Waals surface area contributed by atoms with Crippen LogP contribution in [0.25, 0.3) is 0 Å². The van der Waals surface area contributed by atoms with Crippen molar-refractivity contribution in [2.75, 3.05) is 0 Å². The first-order valence-corrected chi connectivity index (χ1v) is 11.7. The van der Waals surface area contributed by atoms with Crippen LogP contribution in [0.3, 0.4) is 0 Å². The molecule has 0 aliphatic heterocycles. The minimum atomic E-state index is -0.553. The van der Waals surface area contributed by atoms with Crippen molar-refractivity contribution in [1.29, 1.82) is 0 Å². The normalized spacial score (nSPS) is 15.4. The predicted octanol–water partition coefficient (Wildman–Crippen LogP) is 5.51. The average molecular weight is 492 g/mol. The second-order valence-corrected chi connectivity index (χ2v) is 9.33. The number of halogens is 2. The van der Waals surface area contributed by atoms with E-state index in [4.69, 9.17) is 11.6 Å². The number of benzene rings is 2. The molecule has 3 rings (SSSR count). The molecule has 1 atom stereocenters. The molecule has 0 saturated heterocycles. The Hall–Kier alpha value is -1.85. The van der Waals surface area contributed by atoms with Crippen LogP contribution in [0.4, 0.5) is 0 Å². The molecule has 0 bridgehead atoms. The number of hydrogen-bond acceptors (Lipinski definition) is 2. The van der Waals surface area contributed by atoms with E-state index in [1.165, 1.54) is 6.42 Å². The van der Waals surface area contributed by atoms with E-state index < -0.39 is 6.04 Å². The SMILES string of the molecule is C[C@@H](C(=O)NC1CCCCC1)N(Cc1ccc(Br)cc1)C(=O)Cc1cccc(Cl)c1. The van der Waals surface area contributed by atoms with Crippen molar-refractivity contribution in [3.05, 3.63) is 69.2 Å². The van der Waals surface area contributed by atoms with Crippen molar-refractivity contribution in [1.82, 2.24) is 10.2 Å². The van der Waals surface area contributed by atoms with Gasteiger partial charge in [-0.05, 0) is 55.2 Å². The highest BCUT2D eigenvalue weighted by Crippen LogP contribution is 2.20. The molecule has 1 N–H and O–H groups in total. The van der Waals surface area contributed by atoms with Gasteiger partial charge in [0.1, 0.15) is 6.04 Å². The first-order chi connectivity index (χ1) is 14.4. The van der Waals surface area contributed by atoms with Crippen LogP contribution in [0.5, 0.6) is 0 Å². The second-order valence-electron chi connectivity index (χ2n) is 7.97. The van der Waals surface area contributed by atoms with Gasteiger partial charge in [-0.1, -0.05) is 71.1 Å². The number of rotatable bonds is 7. The first kappa shape index (κ1) is 22.8. The predicted molar refractivity (Wildman–Crippen MR) is 124 cm³/mol. The highest BCUT2D eigenvalue weighted by Gasteiger charge is 2.28. The number of nitrogens with zero attached hydrogens (tertiary/aromatic N) is 1. The molecule has 6 heteroatoms.